The van der Waals surface area contributed by atoms with Crippen LogP contribution >= 0.6 is 11.6 Å². The van der Waals surface area contributed by atoms with Crippen molar-refractivity contribution in [1.82, 2.24) is 24.6 Å². The Bertz CT molecular complexity index is 1070. The van der Waals surface area contributed by atoms with Gasteiger partial charge in [-0.2, -0.15) is 9.78 Å². The first-order valence-corrected chi connectivity index (χ1v) is 13.1. The number of aryl methyl sites for hydroxylation is 1. The summed E-state index contributed by atoms with van der Waals surface area (Å²) in [5, 5.41) is 28.4. The first-order valence-electron chi connectivity index (χ1n) is 12.7. The summed E-state index contributed by atoms with van der Waals surface area (Å²) in [5.74, 6) is 0.00964. The molecule has 1 aromatic heterocycles. The molecule has 2 aliphatic rings. The molecule has 2 aromatic rings. The molecule has 0 radical (unpaired) electrons. The van der Waals surface area contributed by atoms with Gasteiger partial charge in [-0.3, -0.25) is 9.36 Å². The van der Waals surface area contributed by atoms with E-state index >= 15 is 0 Å². The molecule has 1 aliphatic heterocycles. The van der Waals surface area contributed by atoms with Crippen molar-refractivity contribution in [3.05, 3.63) is 45.1 Å². The number of β-amino-alcohol motifs (C(OH)–C–C–N with tert-alkyl or cyclic N) is 1. The number of nitrogens with one attached hydrogen (secondary N) is 1. The molecule has 2 atom stereocenters. The third kappa shape index (κ3) is 6.33. The maximum Gasteiger partial charge on any atom is 0.350 e. The summed E-state index contributed by atoms with van der Waals surface area (Å²) in [6.07, 6.45) is 6.80. The second kappa shape index (κ2) is 11.7. The van der Waals surface area contributed by atoms with Gasteiger partial charge in [0.15, 0.2) is 0 Å². The van der Waals surface area contributed by atoms with Gasteiger partial charge in [-0.25, -0.2) is 4.79 Å². The Labute approximate surface area is 210 Å². The first kappa shape index (κ1) is 25.9. The van der Waals surface area contributed by atoms with Gasteiger partial charge in [0.2, 0.25) is 0 Å². The molecule has 10 heteroatoms. The first-order chi connectivity index (χ1) is 16.8. The molecule has 9 nitrogen and oxygen atoms in total. The topological polar surface area (TPSA) is 113 Å². The van der Waals surface area contributed by atoms with Crippen LogP contribution in [0.1, 0.15) is 67.5 Å². The second-order valence-electron chi connectivity index (χ2n) is 9.85. The van der Waals surface area contributed by atoms with Gasteiger partial charge in [0.05, 0.1) is 28.9 Å². The van der Waals surface area contributed by atoms with Crippen LogP contribution in [-0.2, 0) is 6.54 Å². The number of rotatable bonds is 8. The summed E-state index contributed by atoms with van der Waals surface area (Å²) < 4.78 is 2.66. The van der Waals surface area contributed by atoms with Gasteiger partial charge in [0.25, 0.3) is 5.91 Å². The van der Waals surface area contributed by atoms with Gasteiger partial charge < -0.3 is 20.4 Å². The lowest BCUT2D eigenvalue weighted by atomic mass is 9.98. The van der Waals surface area contributed by atoms with Gasteiger partial charge in [0, 0.05) is 12.5 Å². The van der Waals surface area contributed by atoms with Crippen molar-refractivity contribution >= 4 is 17.5 Å². The van der Waals surface area contributed by atoms with Crippen molar-refractivity contribution < 1.29 is 15.0 Å². The number of benzene rings is 1. The Balaban J connectivity index is 1.49. The molecule has 1 amide bonds. The summed E-state index contributed by atoms with van der Waals surface area (Å²) in [5.41, 5.74) is 0.171. The summed E-state index contributed by atoms with van der Waals surface area (Å²) in [7, 11) is 0. The van der Waals surface area contributed by atoms with Crippen LogP contribution < -0.4 is 11.0 Å². The van der Waals surface area contributed by atoms with Crippen LogP contribution in [0.4, 0.5) is 0 Å². The molecule has 1 aromatic carbocycles. The highest BCUT2D eigenvalue weighted by atomic mass is 35.5. The Morgan fingerprint density at radius 3 is 2.49 bits per heavy atom. The van der Waals surface area contributed by atoms with Crippen LogP contribution in [-0.4, -0.2) is 67.3 Å². The van der Waals surface area contributed by atoms with Crippen LogP contribution in [0, 0.1) is 12.8 Å². The van der Waals surface area contributed by atoms with E-state index in [2.05, 4.69) is 15.3 Å². The molecule has 4 rings (SSSR count). The fraction of sp³-hybridized carbons (Fsp3) is 0.640. The number of aromatic nitrogens is 3. The number of carbonyl (C=O) groups excluding carboxylic acids is 1. The van der Waals surface area contributed by atoms with Crippen LogP contribution in [0.2, 0.25) is 5.02 Å². The fourth-order valence-electron chi connectivity index (χ4n) is 5.18. The van der Waals surface area contributed by atoms with E-state index in [4.69, 9.17) is 11.6 Å². The van der Waals surface area contributed by atoms with Crippen molar-refractivity contribution in [1.29, 1.82) is 0 Å². The lowest BCUT2D eigenvalue weighted by Crippen LogP contribution is -2.40. The average molecular weight is 506 g/mol. The Kier molecular flexibility index (Phi) is 8.64. The van der Waals surface area contributed by atoms with Crippen LogP contribution in [0.3, 0.4) is 0 Å². The number of nitrogens with zero attached hydrogens (tertiary/aromatic N) is 4. The number of halogens is 1. The molecule has 0 spiro atoms. The number of likely N-dealkylation sites (tertiary alicyclic amines) is 1. The number of carbonyl (C=O) groups is 1. The standard InChI is InChI=1S/C25H36ClN5O4/c1-17-28-31(25(35)30(17)16-20(32)15-29-12-6-7-13-29)19-10-11-22(26)21(14-19)24(34)27-23(33)18-8-4-2-3-5-9-18/h10-11,14,18,20,23,32-33H,2-9,12-13,15-16H2,1H3,(H,27,34). The fourth-order valence-corrected chi connectivity index (χ4v) is 5.38. The number of amides is 1. The normalized spacial score (nSPS) is 19.4. The highest BCUT2D eigenvalue weighted by molar-refractivity contribution is 6.33. The number of aliphatic hydroxyl groups excluding tert-OH is 2. The molecule has 3 N–H and O–H groups in total. The number of hydrogen-bond acceptors (Lipinski definition) is 6. The second-order valence-corrected chi connectivity index (χ2v) is 10.3. The minimum Gasteiger partial charge on any atom is -0.390 e. The largest absolute Gasteiger partial charge is 0.390 e. The lowest BCUT2D eigenvalue weighted by Gasteiger charge is -2.22. The van der Waals surface area contributed by atoms with E-state index in [-0.39, 0.29) is 23.0 Å². The molecule has 2 fully saturated rings. The van der Waals surface area contributed by atoms with E-state index in [0.29, 0.717) is 18.1 Å². The minimum absolute atomic E-state index is 0.0244. The van der Waals surface area contributed by atoms with E-state index in [1.807, 2.05) is 0 Å². The molecule has 2 heterocycles. The highest BCUT2D eigenvalue weighted by Gasteiger charge is 2.24. The van der Waals surface area contributed by atoms with E-state index in [1.165, 1.54) is 15.3 Å². The summed E-state index contributed by atoms with van der Waals surface area (Å²) in [6.45, 7) is 4.32. The van der Waals surface area contributed by atoms with Gasteiger partial charge >= 0.3 is 5.69 Å². The number of hydrogen-bond donors (Lipinski definition) is 3. The maximum atomic E-state index is 13.1. The summed E-state index contributed by atoms with van der Waals surface area (Å²) in [4.78, 5) is 28.3. The van der Waals surface area contributed by atoms with Crippen molar-refractivity contribution in [3.63, 3.8) is 0 Å². The highest BCUT2D eigenvalue weighted by Crippen LogP contribution is 2.26. The molecular formula is C25H36ClN5O4. The van der Waals surface area contributed by atoms with Gasteiger partial charge in [0.1, 0.15) is 12.1 Å². The van der Waals surface area contributed by atoms with E-state index in [1.54, 1.807) is 19.1 Å². The van der Waals surface area contributed by atoms with Crippen molar-refractivity contribution in [2.75, 3.05) is 19.6 Å². The summed E-state index contributed by atoms with van der Waals surface area (Å²) in [6, 6.07) is 4.68. The van der Waals surface area contributed by atoms with Crippen LogP contribution in [0.5, 0.6) is 0 Å². The molecular weight excluding hydrogens is 470 g/mol. The lowest BCUT2D eigenvalue weighted by molar-refractivity contribution is 0.0532. The molecule has 1 saturated carbocycles. The molecule has 0 bridgehead atoms. The van der Waals surface area contributed by atoms with Crippen LogP contribution in [0.15, 0.2) is 23.0 Å². The molecule has 35 heavy (non-hydrogen) atoms. The Hall–Kier alpha value is -2.20. The number of aliphatic hydroxyl groups is 2. The Morgan fingerprint density at radius 1 is 1.11 bits per heavy atom. The molecule has 1 saturated heterocycles. The zero-order valence-electron chi connectivity index (χ0n) is 20.3. The van der Waals surface area contributed by atoms with Gasteiger partial charge in [-0.05, 0) is 63.9 Å². The van der Waals surface area contributed by atoms with Crippen molar-refractivity contribution in [2.24, 2.45) is 5.92 Å². The minimum atomic E-state index is -0.943. The zero-order valence-corrected chi connectivity index (χ0v) is 21.1. The van der Waals surface area contributed by atoms with E-state index in [9.17, 15) is 19.8 Å². The quantitative estimate of drug-likeness (QED) is 0.375. The smallest absolute Gasteiger partial charge is 0.350 e. The third-order valence-corrected chi connectivity index (χ3v) is 7.50. The van der Waals surface area contributed by atoms with Gasteiger partial charge in [-0.15, -0.1) is 0 Å². The van der Waals surface area contributed by atoms with Gasteiger partial charge in [-0.1, -0.05) is 37.3 Å². The molecule has 192 valence electrons. The zero-order chi connectivity index (χ0) is 24.9. The average Bonchev–Trinajstić information content (AvgIpc) is 3.31. The monoisotopic (exact) mass is 505 g/mol. The summed E-state index contributed by atoms with van der Waals surface area (Å²) >= 11 is 6.31. The maximum absolute atomic E-state index is 13.1. The predicted octanol–water partition coefficient (Wildman–Crippen LogP) is 2.47. The Morgan fingerprint density at radius 2 is 1.80 bits per heavy atom. The SMILES string of the molecule is Cc1nn(-c2ccc(Cl)c(C(=O)NC(O)C3CCCCCC3)c2)c(=O)n1CC(O)CN1CCCC1. The van der Waals surface area contributed by atoms with E-state index < -0.39 is 23.9 Å². The van der Waals surface area contributed by atoms with Crippen LogP contribution in [0.25, 0.3) is 5.69 Å². The van der Waals surface area contributed by atoms with Crippen molar-refractivity contribution in [3.8, 4) is 5.69 Å². The van der Waals surface area contributed by atoms with Crippen molar-refractivity contribution in [2.45, 2.75) is 77.2 Å². The molecule has 1 aliphatic carbocycles. The third-order valence-electron chi connectivity index (χ3n) is 7.17. The molecule has 2 unspecified atom stereocenters. The van der Waals surface area contributed by atoms with E-state index in [0.717, 1.165) is 64.5 Å². The predicted molar refractivity (Wildman–Crippen MR) is 134 cm³/mol.